The van der Waals surface area contributed by atoms with Crippen molar-refractivity contribution in [1.29, 1.82) is 0 Å². The van der Waals surface area contributed by atoms with E-state index in [1.165, 1.54) is 60.8 Å². The smallest absolute Gasteiger partial charge is 0.00808 e. The fourth-order valence-electron chi connectivity index (χ4n) is 4.72. The zero-order chi connectivity index (χ0) is 16.4. The quantitative estimate of drug-likeness (QED) is 0.602. The van der Waals surface area contributed by atoms with Crippen LogP contribution in [0.1, 0.15) is 66.7 Å². The molecule has 0 bridgehead atoms. The van der Waals surface area contributed by atoms with Crippen LogP contribution >= 0.6 is 0 Å². The third kappa shape index (κ3) is 3.34. The minimum absolute atomic E-state index is 0.594. The second-order valence-electron chi connectivity index (χ2n) is 7.82. The third-order valence-electron chi connectivity index (χ3n) is 6.03. The Hall–Kier alpha value is -1.82. The number of hydrogen-bond donors (Lipinski definition) is 0. The van der Waals surface area contributed by atoms with Crippen molar-refractivity contribution in [3.05, 3.63) is 77.4 Å². The van der Waals surface area contributed by atoms with E-state index in [4.69, 9.17) is 0 Å². The summed E-state index contributed by atoms with van der Waals surface area (Å²) in [6.07, 6.45) is 10.7. The van der Waals surface area contributed by atoms with Gasteiger partial charge in [-0.2, -0.15) is 0 Å². The monoisotopic (exact) mass is 316 g/mol. The molecule has 2 aliphatic carbocycles. The van der Waals surface area contributed by atoms with Gasteiger partial charge in [0, 0.05) is 0 Å². The highest BCUT2D eigenvalue weighted by atomic mass is 14.3. The average molecular weight is 316 g/mol. The van der Waals surface area contributed by atoms with E-state index in [2.05, 4.69) is 55.1 Å². The second kappa shape index (κ2) is 6.97. The van der Waals surface area contributed by atoms with Crippen LogP contribution in [0.25, 0.3) is 5.57 Å². The average Bonchev–Trinajstić information content (AvgIpc) is 2.63. The maximum atomic E-state index is 4.38. The van der Waals surface area contributed by atoms with Crippen LogP contribution in [-0.4, -0.2) is 0 Å². The molecule has 1 unspecified atom stereocenters. The van der Waals surface area contributed by atoms with Crippen LogP contribution in [0.4, 0.5) is 0 Å². The largest absolute Gasteiger partial charge is 0.0952 e. The summed E-state index contributed by atoms with van der Waals surface area (Å²) in [5, 5.41) is 0. The van der Waals surface area contributed by atoms with Crippen LogP contribution in [0.2, 0.25) is 0 Å². The molecule has 0 spiro atoms. The van der Waals surface area contributed by atoms with Crippen molar-refractivity contribution in [2.24, 2.45) is 5.92 Å². The number of hydrogen-bond acceptors (Lipinski definition) is 0. The van der Waals surface area contributed by atoms with Crippen molar-refractivity contribution >= 4 is 5.57 Å². The first-order valence-electron chi connectivity index (χ1n) is 9.64. The Bertz CT molecular complexity index is 704. The summed E-state index contributed by atoms with van der Waals surface area (Å²) < 4.78 is 0. The van der Waals surface area contributed by atoms with Crippen LogP contribution in [-0.2, 0) is 12.8 Å². The Labute approximate surface area is 146 Å². The molecule has 2 aliphatic rings. The minimum Gasteiger partial charge on any atom is -0.0952 e. The standard InChI is InChI=1S/C24H28/c1-18-14-22(21-10-6-3-7-11-21)17-23-16-20(12-13-24(18)23)15-19-8-4-2-5-9-19/h3,6-7,10-13,16,19,22H,1-2,4-5,8-9,14-15,17H2. The number of benzene rings is 2. The van der Waals surface area contributed by atoms with Crippen molar-refractivity contribution in [3.8, 4) is 0 Å². The lowest BCUT2D eigenvalue weighted by Crippen LogP contribution is -2.13. The molecule has 4 rings (SSSR count). The van der Waals surface area contributed by atoms with E-state index in [0.29, 0.717) is 5.92 Å². The topological polar surface area (TPSA) is 0 Å². The normalized spacial score (nSPS) is 21.5. The maximum Gasteiger partial charge on any atom is -0.00808 e. The van der Waals surface area contributed by atoms with Gasteiger partial charge in [-0.05, 0) is 58.9 Å². The van der Waals surface area contributed by atoms with Gasteiger partial charge in [0.05, 0.1) is 0 Å². The van der Waals surface area contributed by atoms with Crippen molar-refractivity contribution in [2.75, 3.05) is 0 Å². The fraction of sp³-hybridized carbons (Fsp3) is 0.417. The van der Waals surface area contributed by atoms with Gasteiger partial charge in [-0.3, -0.25) is 0 Å². The molecule has 0 radical (unpaired) electrons. The van der Waals surface area contributed by atoms with E-state index in [1.54, 1.807) is 5.56 Å². The molecule has 0 aromatic heterocycles. The first kappa shape index (κ1) is 15.7. The predicted molar refractivity (Wildman–Crippen MR) is 103 cm³/mol. The zero-order valence-corrected chi connectivity index (χ0v) is 14.6. The minimum atomic E-state index is 0.594. The summed E-state index contributed by atoms with van der Waals surface area (Å²) in [7, 11) is 0. The molecule has 0 nitrogen and oxygen atoms in total. The SMILES string of the molecule is C=C1CC(c2ccccc2)Cc2cc(CC3CCCCC3)ccc21. The van der Waals surface area contributed by atoms with E-state index in [-0.39, 0.29) is 0 Å². The number of fused-ring (bicyclic) bond motifs is 1. The van der Waals surface area contributed by atoms with Gasteiger partial charge >= 0.3 is 0 Å². The summed E-state index contributed by atoms with van der Waals surface area (Å²) in [6.45, 7) is 4.38. The molecule has 0 aliphatic heterocycles. The Morgan fingerprint density at radius 3 is 2.46 bits per heavy atom. The first-order valence-corrected chi connectivity index (χ1v) is 9.64. The second-order valence-corrected chi connectivity index (χ2v) is 7.82. The first-order chi connectivity index (χ1) is 11.8. The molecule has 0 heterocycles. The maximum absolute atomic E-state index is 4.38. The summed E-state index contributed by atoms with van der Waals surface area (Å²) in [4.78, 5) is 0. The van der Waals surface area contributed by atoms with Crippen LogP contribution in [0, 0.1) is 5.92 Å². The Balaban J connectivity index is 1.55. The predicted octanol–water partition coefficient (Wildman–Crippen LogP) is 6.55. The van der Waals surface area contributed by atoms with Crippen molar-refractivity contribution in [3.63, 3.8) is 0 Å². The van der Waals surface area contributed by atoms with Gasteiger partial charge in [0.25, 0.3) is 0 Å². The Morgan fingerprint density at radius 2 is 1.67 bits per heavy atom. The molecule has 2 aromatic rings. The molecule has 2 aromatic carbocycles. The molecule has 0 N–H and O–H groups in total. The molecule has 0 amide bonds. The molecule has 0 heteroatoms. The molecule has 124 valence electrons. The summed E-state index contributed by atoms with van der Waals surface area (Å²) in [5.74, 6) is 1.50. The summed E-state index contributed by atoms with van der Waals surface area (Å²) in [6, 6.07) is 18.2. The summed E-state index contributed by atoms with van der Waals surface area (Å²) >= 11 is 0. The highest BCUT2D eigenvalue weighted by Gasteiger charge is 2.23. The lowest BCUT2D eigenvalue weighted by molar-refractivity contribution is 0.356. The number of rotatable bonds is 3. The van der Waals surface area contributed by atoms with Gasteiger partial charge < -0.3 is 0 Å². The lowest BCUT2D eigenvalue weighted by atomic mass is 9.76. The molecular formula is C24H28. The Kier molecular flexibility index (Phi) is 4.56. The van der Waals surface area contributed by atoms with Gasteiger partial charge in [-0.15, -0.1) is 0 Å². The van der Waals surface area contributed by atoms with E-state index >= 15 is 0 Å². The number of allylic oxidation sites excluding steroid dienone is 1. The zero-order valence-electron chi connectivity index (χ0n) is 14.6. The molecule has 1 saturated carbocycles. The Morgan fingerprint density at radius 1 is 0.875 bits per heavy atom. The van der Waals surface area contributed by atoms with Gasteiger partial charge in [-0.1, -0.05) is 87.2 Å². The van der Waals surface area contributed by atoms with Crippen molar-refractivity contribution < 1.29 is 0 Å². The van der Waals surface area contributed by atoms with Gasteiger partial charge in [0.1, 0.15) is 0 Å². The van der Waals surface area contributed by atoms with Crippen LogP contribution in [0.5, 0.6) is 0 Å². The highest BCUT2D eigenvalue weighted by Crippen LogP contribution is 2.39. The van der Waals surface area contributed by atoms with E-state index in [0.717, 1.165) is 18.8 Å². The molecule has 24 heavy (non-hydrogen) atoms. The van der Waals surface area contributed by atoms with Crippen LogP contribution in [0.15, 0.2) is 55.1 Å². The van der Waals surface area contributed by atoms with E-state index in [1.807, 2.05) is 0 Å². The molecule has 1 atom stereocenters. The molecular weight excluding hydrogens is 288 g/mol. The lowest BCUT2D eigenvalue weighted by Gasteiger charge is -2.28. The fourth-order valence-corrected chi connectivity index (χ4v) is 4.72. The summed E-state index contributed by atoms with van der Waals surface area (Å²) in [5.41, 5.74) is 7.25. The molecule has 0 saturated heterocycles. The highest BCUT2D eigenvalue weighted by molar-refractivity contribution is 5.70. The molecule has 1 fully saturated rings. The van der Waals surface area contributed by atoms with E-state index < -0.39 is 0 Å². The third-order valence-corrected chi connectivity index (χ3v) is 6.03. The van der Waals surface area contributed by atoms with Gasteiger partial charge in [0.15, 0.2) is 0 Å². The van der Waals surface area contributed by atoms with Gasteiger partial charge in [-0.25, -0.2) is 0 Å². The van der Waals surface area contributed by atoms with Gasteiger partial charge in [0.2, 0.25) is 0 Å². The van der Waals surface area contributed by atoms with Crippen molar-refractivity contribution in [2.45, 2.75) is 57.3 Å². The van der Waals surface area contributed by atoms with E-state index in [9.17, 15) is 0 Å². The van der Waals surface area contributed by atoms with Crippen LogP contribution < -0.4 is 0 Å². The van der Waals surface area contributed by atoms with Crippen molar-refractivity contribution in [1.82, 2.24) is 0 Å². The van der Waals surface area contributed by atoms with Crippen LogP contribution in [0.3, 0.4) is 0 Å².